The molecule has 0 spiro atoms. The number of carbonyl (C=O) groups excluding carboxylic acids is 2. The molecule has 2 amide bonds. The SMILES string of the molecule is CN1C(=O)c2ccc(Oc3cccc([N+](=O)[O-])c3)cc2C1=O. The quantitative estimate of drug-likeness (QED) is 0.493. The fourth-order valence-electron chi connectivity index (χ4n) is 2.20. The molecule has 0 fully saturated rings. The average Bonchev–Trinajstić information content (AvgIpc) is 2.72. The number of rotatable bonds is 3. The van der Waals surface area contributed by atoms with Crippen molar-refractivity contribution in [3.63, 3.8) is 0 Å². The van der Waals surface area contributed by atoms with Gasteiger partial charge in [-0.2, -0.15) is 0 Å². The molecule has 22 heavy (non-hydrogen) atoms. The van der Waals surface area contributed by atoms with E-state index in [0.717, 1.165) is 4.90 Å². The molecule has 0 unspecified atom stereocenters. The summed E-state index contributed by atoms with van der Waals surface area (Å²) in [7, 11) is 1.41. The van der Waals surface area contributed by atoms with Crippen molar-refractivity contribution >= 4 is 17.5 Å². The number of carbonyl (C=O) groups is 2. The van der Waals surface area contributed by atoms with Gasteiger partial charge in [0, 0.05) is 13.1 Å². The van der Waals surface area contributed by atoms with E-state index < -0.39 is 10.8 Å². The maximum atomic E-state index is 11.9. The van der Waals surface area contributed by atoms with Crippen molar-refractivity contribution in [3.8, 4) is 11.5 Å². The van der Waals surface area contributed by atoms with E-state index >= 15 is 0 Å². The summed E-state index contributed by atoms with van der Waals surface area (Å²) in [4.78, 5) is 34.9. The van der Waals surface area contributed by atoms with Crippen molar-refractivity contribution in [2.45, 2.75) is 0 Å². The Hall–Kier alpha value is -3.22. The number of imide groups is 1. The van der Waals surface area contributed by atoms with E-state index in [9.17, 15) is 19.7 Å². The molecule has 7 heteroatoms. The van der Waals surface area contributed by atoms with Crippen molar-refractivity contribution in [3.05, 3.63) is 63.7 Å². The second-order valence-corrected chi connectivity index (χ2v) is 4.73. The predicted molar refractivity (Wildman–Crippen MR) is 76.0 cm³/mol. The van der Waals surface area contributed by atoms with Gasteiger partial charge in [0.25, 0.3) is 17.5 Å². The Bertz CT molecular complexity index is 815. The summed E-state index contributed by atoms with van der Waals surface area (Å²) in [6, 6.07) is 10.2. The van der Waals surface area contributed by atoms with Crippen LogP contribution in [0, 0.1) is 10.1 Å². The lowest BCUT2D eigenvalue weighted by molar-refractivity contribution is -0.384. The minimum absolute atomic E-state index is 0.0929. The van der Waals surface area contributed by atoms with E-state index in [-0.39, 0.29) is 22.9 Å². The lowest BCUT2D eigenvalue weighted by atomic mass is 10.1. The Labute approximate surface area is 124 Å². The Morgan fingerprint density at radius 1 is 1.00 bits per heavy atom. The zero-order valence-electron chi connectivity index (χ0n) is 11.5. The van der Waals surface area contributed by atoms with Gasteiger partial charge >= 0.3 is 0 Å². The van der Waals surface area contributed by atoms with Crippen molar-refractivity contribution in [2.24, 2.45) is 0 Å². The number of amides is 2. The van der Waals surface area contributed by atoms with Gasteiger partial charge in [0.2, 0.25) is 0 Å². The number of fused-ring (bicyclic) bond motifs is 1. The molecule has 1 aliphatic heterocycles. The molecular weight excluding hydrogens is 288 g/mol. The fourth-order valence-corrected chi connectivity index (χ4v) is 2.20. The van der Waals surface area contributed by atoms with Crippen LogP contribution in [0.25, 0.3) is 0 Å². The summed E-state index contributed by atoms with van der Waals surface area (Å²) in [5, 5.41) is 10.7. The molecule has 0 aliphatic carbocycles. The largest absolute Gasteiger partial charge is 0.457 e. The highest BCUT2D eigenvalue weighted by Gasteiger charge is 2.32. The van der Waals surface area contributed by atoms with Crippen LogP contribution in [0.3, 0.4) is 0 Å². The minimum atomic E-state index is -0.521. The third kappa shape index (κ3) is 2.18. The van der Waals surface area contributed by atoms with E-state index in [1.165, 1.54) is 37.4 Å². The molecule has 7 nitrogen and oxygen atoms in total. The van der Waals surface area contributed by atoms with Crippen molar-refractivity contribution in [2.75, 3.05) is 7.05 Å². The third-order valence-corrected chi connectivity index (χ3v) is 3.33. The Morgan fingerprint density at radius 3 is 2.41 bits per heavy atom. The molecule has 0 atom stereocenters. The van der Waals surface area contributed by atoms with Crippen LogP contribution in [0.15, 0.2) is 42.5 Å². The standard InChI is InChI=1S/C15H10N2O5/c1-16-14(18)12-6-5-11(8-13(12)15(16)19)22-10-4-2-3-9(7-10)17(20)21/h2-8H,1H3. The highest BCUT2D eigenvalue weighted by Crippen LogP contribution is 2.30. The maximum absolute atomic E-state index is 11.9. The number of ether oxygens (including phenoxy) is 1. The summed E-state index contributed by atoms with van der Waals surface area (Å²) < 4.78 is 5.53. The van der Waals surface area contributed by atoms with Gasteiger partial charge in [0.05, 0.1) is 22.1 Å². The van der Waals surface area contributed by atoms with E-state index in [4.69, 9.17) is 4.74 Å². The van der Waals surface area contributed by atoms with Gasteiger partial charge in [0.15, 0.2) is 0 Å². The highest BCUT2D eigenvalue weighted by molar-refractivity contribution is 6.21. The summed E-state index contributed by atoms with van der Waals surface area (Å²) in [5.74, 6) is -0.152. The molecule has 0 saturated heterocycles. The van der Waals surface area contributed by atoms with Gasteiger partial charge < -0.3 is 4.74 Å². The lowest BCUT2D eigenvalue weighted by Crippen LogP contribution is -2.24. The van der Waals surface area contributed by atoms with Crippen LogP contribution >= 0.6 is 0 Å². The Balaban J connectivity index is 1.92. The fraction of sp³-hybridized carbons (Fsp3) is 0.0667. The molecule has 0 aromatic heterocycles. The van der Waals surface area contributed by atoms with Crippen LogP contribution in [-0.2, 0) is 0 Å². The molecule has 0 bridgehead atoms. The number of nitro groups is 1. The van der Waals surface area contributed by atoms with E-state index in [2.05, 4.69) is 0 Å². The first kappa shape index (κ1) is 13.7. The summed E-state index contributed by atoms with van der Waals surface area (Å²) in [6.45, 7) is 0. The van der Waals surface area contributed by atoms with E-state index in [0.29, 0.717) is 11.3 Å². The van der Waals surface area contributed by atoms with Gasteiger partial charge in [-0.1, -0.05) is 6.07 Å². The first-order valence-corrected chi connectivity index (χ1v) is 6.36. The smallest absolute Gasteiger partial charge is 0.273 e. The van der Waals surface area contributed by atoms with Gasteiger partial charge in [-0.05, 0) is 24.3 Å². The number of benzene rings is 2. The van der Waals surface area contributed by atoms with Crippen LogP contribution in [0.4, 0.5) is 5.69 Å². The first-order valence-electron chi connectivity index (χ1n) is 6.36. The Kier molecular flexibility index (Phi) is 3.10. The topological polar surface area (TPSA) is 89.8 Å². The van der Waals surface area contributed by atoms with Crippen molar-refractivity contribution in [1.82, 2.24) is 4.90 Å². The molecule has 0 N–H and O–H groups in total. The van der Waals surface area contributed by atoms with Crippen LogP contribution in [0.1, 0.15) is 20.7 Å². The molecule has 2 aromatic rings. The summed E-state index contributed by atoms with van der Waals surface area (Å²) >= 11 is 0. The van der Waals surface area contributed by atoms with Crippen molar-refractivity contribution in [1.29, 1.82) is 0 Å². The first-order chi connectivity index (χ1) is 10.5. The van der Waals surface area contributed by atoms with Gasteiger partial charge in [-0.15, -0.1) is 0 Å². The number of hydrogen-bond acceptors (Lipinski definition) is 5. The number of non-ortho nitro benzene ring substituents is 1. The number of nitrogens with zero attached hydrogens (tertiary/aromatic N) is 2. The second kappa shape index (κ2) is 4.96. The lowest BCUT2D eigenvalue weighted by Gasteiger charge is -2.06. The molecule has 110 valence electrons. The molecule has 3 rings (SSSR count). The molecule has 0 saturated carbocycles. The van der Waals surface area contributed by atoms with E-state index in [1.54, 1.807) is 12.1 Å². The summed E-state index contributed by atoms with van der Waals surface area (Å²) in [6.07, 6.45) is 0. The number of hydrogen-bond donors (Lipinski definition) is 0. The number of nitro benzene ring substituents is 1. The predicted octanol–water partition coefficient (Wildman–Crippen LogP) is 2.61. The molecular formula is C15H10N2O5. The molecule has 1 heterocycles. The normalized spacial score (nSPS) is 13.2. The van der Waals surface area contributed by atoms with Gasteiger partial charge in [-0.3, -0.25) is 24.6 Å². The zero-order chi connectivity index (χ0) is 15.9. The molecule has 2 aromatic carbocycles. The monoisotopic (exact) mass is 298 g/mol. The molecule has 0 radical (unpaired) electrons. The van der Waals surface area contributed by atoms with Crippen LogP contribution in [0.2, 0.25) is 0 Å². The van der Waals surface area contributed by atoms with Crippen LogP contribution in [-0.4, -0.2) is 28.7 Å². The van der Waals surface area contributed by atoms with Crippen LogP contribution in [0.5, 0.6) is 11.5 Å². The average molecular weight is 298 g/mol. The second-order valence-electron chi connectivity index (χ2n) is 4.73. The van der Waals surface area contributed by atoms with Gasteiger partial charge in [-0.25, -0.2) is 0 Å². The maximum Gasteiger partial charge on any atom is 0.273 e. The minimum Gasteiger partial charge on any atom is -0.457 e. The Morgan fingerprint density at radius 2 is 1.68 bits per heavy atom. The zero-order valence-corrected chi connectivity index (χ0v) is 11.5. The highest BCUT2D eigenvalue weighted by atomic mass is 16.6. The third-order valence-electron chi connectivity index (χ3n) is 3.33. The summed E-state index contributed by atoms with van der Waals surface area (Å²) in [5.41, 5.74) is 0.485. The van der Waals surface area contributed by atoms with E-state index in [1.807, 2.05) is 0 Å². The molecule has 1 aliphatic rings. The van der Waals surface area contributed by atoms with Gasteiger partial charge in [0.1, 0.15) is 11.5 Å². The van der Waals surface area contributed by atoms with Crippen LogP contribution < -0.4 is 4.74 Å². The van der Waals surface area contributed by atoms with Crippen molar-refractivity contribution < 1.29 is 19.2 Å².